The van der Waals surface area contributed by atoms with E-state index in [-0.39, 0.29) is 6.61 Å². The van der Waals surface area contributed by atoms with Crippen LogP contribution in [0.1, 0.15) is 25.0 Å². The summed E-state index contributed by atoms with van der Waals surface area (Å²) in [6.45, 7) is 5.11. The Morgan fingerprint density at radius 3 is 2.33 bits per heavy atom. The van der Waals surface area contributed by atoms with E-state index in [0.29, 0.717) is 18.4 Å². The Kier molecular flexibility index (Phi) is 5.82. The van der Waals surface area contributed by atoms with Crippen LogP contribution in [0.2, 0.25) is 0 Å². The van der Waals surface area contributed by atoms with Gasteiger partial charge in [-0.05, 0) is 41.5 Å². The van der Waals surface area contributed by atoms with Gasteiger partial charge in [0.25, 0.3) is 0 Å². The van der Waals surface area contributed by atoms with Crippen LogP contribution in [0.3, 0.4) is 0 Å². The van der Waals surface area contributed by atoms with E-state index in [4.69, 9.17) is 4.74 Å². The minimum absolute atomic E-state index is 0.229. The molecule has 0 saturated carbocycles. The van der Waals surface area contributed by atoms with Crippen LogP contribution >= 0.6 is 0 Å². The van der Waals surface area contributed by atoms with Crippen LogP contribution in [-0.4, -0.2) is 11.7 Å². The van der Waals surface area contributed by atoms with E-state index in [1.165, 1.54) is 11.1 Å². The summed E-state index contributed by atoms with van der Waals surface area (Å²) in [7, 11) is 0. The van der Waals surface area contributed by atoms with Crippen molar-refractivity contribution >= 4 is 0 Å². The molecule has 0 aliphatic heterocycles. The Bertz CT molecular complexity index is 534. The Labute approximate surface area is 127 Å². The molecule has 112 valence electrons. The molecular weight excluding hydrogens is 260 g/mol. The molecule has 21 heavy (non-hydrogen) atoms. The molecule has 1 unspecified atom stereocenters. The normalized spacial score (nSPS) is 12.4. The molecule has 0 amide bonds. The number of benzene rings is 2. The molecule has 1 N–H and O–H groups in total. The molecule has 2 rings (SSSR count). The molecule has 2 heteroatoms. The summed E-state index contributed by atoms with van der Waals surface area (Å²) in [5.74, 6) is 1.66. The van der Waals surface area contributed by atoms with E-state index < -0.39 is 0 Å². The largest absolute Gasteiger partial charge is 0.489 e. The van der Waals surface area contributed by atoms with Gasteiger partial charge in [-0.1, -0.05) is 56.3 Å². The third kappa shape index (κ3) is 4.91. The molecule has 0 aliphatic carbocycles. The lowest BCUT2D eigenvalue weighted by atomic mass is 9.90. The lowest BCUT2D eigenvalue weighted by Crippen LogP contribution is -2.16. The zero-order chi connectivity index (χ0) is 15.1. The molecule has 0 radical (unpaired) electrons. The summed E-state index contributed by atoms with van der Waals surface area (Å²) in [5.41, 5.74) is 2.38. The third-order valence-electron chi connectivity index (χ3n) is 3.82. The fraction of sp³-hybridized carbons (Fsp3) is 0.368. The Morgan fingerprint density at radius 2 is 1.67 bits per heavy atom. The van der Waals surface area contributed by atoms with Crippen LogP contribution in [0.4, 0.5) is 0 Å². The summed E-state index contributed by atoms with van der Waals surface area (Å²) >= 11 is 0. The van der Waals surface area contributed by atoms with Crippen LogP contribution in [0.15, 0.2) is 54.6 Å². The van der Waals surface area contributed by atoms with E-state index in [1.54, 1.807) is 0 Å². The van der Waals surface area contributed by atoms with Gasteiger partial charge in [0.15, 0.2) is 0 Å². The predicted octanol–water partition coefficient (Wildman–Crippen LogP) is 4.07. The van der Waals surface area contributed by atoms with Crippen molar-refractivity contribution in [3.63, 3.8) is 0 Å². The van der Waals surface area contributed by atoms with Crippen molar-refractivity contribution in [2.24, 2.45) is 11.8 Å². The average molecular weight is 284 g/mol. The van der Waals surface area contributed by atoms with Gasteiger partial charge in [0.1, 0.15) is 12.4 Å². The molecule has 0 spiro atoms. The second-order valence-corrected chi connectivity index (χ2v) is 5.81. The van der Waals surface area contributed by atoms with Crippen molar-refractivity contribution < 1.29 is 9.84 Å². The molecule has 2 nitrogen and oxygen atoms in total. The summed E-state index contributed by atoms with van der Waals surface area (Å²) in [5, 5.41) is 9.45. The third-order valence-corrected chi connectivity index (χ3v) is 3.82. The van der Waals surface area contributed by atoms with E-state index in [2.05, 4.69) is 38.1 Å². The average Bonchev–Trinajstić information content (AvgIpc) is 2.52. The van der Waals surface area contributed by atoms with Crippen LogP contribution in [0.25, 0.3) is 0 Å². The van der Waals surface area contributed by atoms with Gasteiger partial charge in [0.2, 0.25) is 0 Å². The van der Waals surface area contributed by atoms with Crippen molar-refractivity contribution in [1.29, 1.82) is 0 Å². The first-order valence-electron chi connectivity index (χ1n) is 7.55. The van der Waals surface area contributed by atoms with Gasteiger partial charge in [-0.25, -0.2) is 0 Å². The van der Waals surface area contributed by atoms with Crippen molar-refractivity contribution in [2.75, 3.05) is 6.61 Å². The van der Waals surface area contributed by atoms with Gasteiger partial charge < -0.3 is 9.84 Å². The van der Waals surface area contributed by atoms with Gasteiger partial charge in [-0.3, -0.25) is 0 Å². The van der Waals surface area contributed by atoms with Gasteiger partial charge in [-0.15, -0.1) is 0 Å². The summed E-state index contributed by atoms with van der Waals surface area (Å²) in [6.07, 6.45) is 0.886. The molecule has 0 bridgehead atoms. The van der Waals surface area contributed by atoms with E-state index in [0.717, 1.165) is 12.2 Å². The minimum Gasteiger partial charge on any atom is -0.489 e. The second kappa shape index (κ2) is 7.84. The molecule has 0 fully saturated rings. The topological polar surface area (TPSA) is 29.5 Å². The zero-order valence-electron chi connectivity index (χ0n) is 12.8. The Balaban J connectivity index is 1.97. The highest BCUT2D eigenvalue weighted by atomic mass is 16.5. The summed E-state index contributed by atoms with van der Waals surface area (Å²) < 4.78 is 5.85. The first-order valence-corrected chi connectivity index (χ1v) is 7.55. The van der Waals surface area contributed by atoms with Crippen molar-refractivity contribution in [3.8, 4) is 5.75 Å². The van der Waals surface area contributed by atoms with Gasteiger partial charge in [0, 0.05) is 6.61 Å². The maximum absolute atomic E-state index is 9.45. The molecule has 2 aromatic rings. The molecule has 0 aromatic heterocycles. The standard InChI is InChI=1S/C19H24O2/c1-15(2)18(13-20)11-17-9-6-10-19(12-17)21-14-16-7-4-3-5-8-16/h3-10,12,15,18,20H,11,13-14H2,1-2H3. The highest BCUT2D eigenvalue weighted by Crippen LogP contribution is 2.21. The minimum atomic E-state index is 0.229. The number of hydrogen-bond acceptors (Lipinski definition) is 2. The van der Waals surface area contributed by atoms with Crippen molar-refractivity contribution in [3.05, 3.63) is 65.7 Å². The molecule has 2 aromatic carbocycles. The summed E-state index contributed by atoms with van der Waals surface area (Å²) in [6, 6.07) is 18.3. The predicted molar refractivity (Wildman–Crippen MR) is 86.3 cm³/mol. The molecule has 0 aliphatic rings. The highest BCUT2D eigenvalue weighted by Gasteiger charge is 2.13. The number of hydrogen-bond donors (Lipinski definition) is 1. The first kappa shape index (κ1) is 15.6. The molecular formula is C19H24O2. The Morgan fingerprint density at radius 1 is 0.952 bits per heavy atom. The fourth-order valence-corrected chi connectivity index (χ4v) is 2.32. The lowest BCUT2D eigenvalue weighted by Gasteiger charge is -2.18. The van der Waals surface area contributed by atoms with E-state index in [9.17, 15) is 5.11 Å². The lowest BCUT2D eigenvalue weighted by molar-refractivity contribution is 0.189. The number of aliphatic hydroxyl groups excluding tert-OH is 1. The van der Waals surface area contributed by atoms with Crippen LogP contribution in [-0.2, 0) is 13.0 Å². The van der Waals surface area contributed by atoms with E-state index in [1.807, 2.05) is 30.3 Å². The number of ether oxygens (including phenoxy) is 1. The number of aliphatic hydroxyl groups is 1. The monoisotopic (exact) mass is 284 g/mol. The smallest absolute Gasteiger partial charge is 0.120 e. The first-order chi connectivity index (χ1) is 10.2. The second-order valence-electron chi connectivity index (χ2n) is 5.81. The van der Waals surface area contributed by atoms with Gasteiger partial charge >= 0.3 is 0 Å². The quantitative estimate of drug-likeness (QED) is 0.830. The molecule has 1 atom stereocenters. The van der Waals surface area contributed by atoms with Crippen molar-refractivity contribution in [1.82, 2.24) is 0 Å². The fourth-order valence-electron chi connectivity index (χ4n) is 2.32. The van der Waals surface area contributed by atoms with Crippen LogP contribution in [0.5, 0.6) is 5.75 Å². The van der Waals surface area contributed by atoms with Crippen molar-refractivity contribution in [2.45, 2.75) is 26.9 Å². The molecule has 0 saturated heterocycles. The molecule has 0 heterocycles. The summed E-state index contributed by atoms with van der Waals surface area (Å²) in [4.78, 5) is 0. The zero-order valence-corrected chi connectivity index (χ0v) is 12.8. The Hall–Kier alpha value is -1.80. The van der Waals surface area contributed by atoms with Crippen LogP contribution < -0.4 is 4.74 Å². The highest BCUT2D eigenvalue weighted by molar-refractivity contribution is 5.29. The van der Waals surface area contributed by atoms with Crippen LogP contribution in [0, 0.1) is 11.8 Å². The number of rotatable bonds is 7. The van der Waals surface area contributed by atoms with Gasteiger partial charge in [0.05, 0.1) is 0 Å². The maximum atomic E-state index is 9.45. The maximum Gasteiger partial charge on any atom is 0.120 e. The van der Waals surface area contributed by atoms with E-state index >= 15 is 0 Å². The van der Waals surface area contributed by atoms with Gasteiger partial charge in [-0.2, -0.15) is 0 Å². The SMILES string of the molecule is CC(C)C(CO)Cc1cccc(OCc2ccccc2)c1.